The fraction of sp³-hybridized carbons (Fsp3) is 0.583. The number of carbonyl (C=O) groups is 1. The molecule has 0 saturated carbocycles. The number of ether oxygens (including phenoxy) is 1. The van der Waals surface area contributed by atoms with Crippen LogP contribution in [0.25, 0.3) is 0 Å². The van der Waals surface area contributed by atoms with Crippen LogP contribution < -0.4 is 5.73 Å². The van der Waals surface area contributed by atoms with Crippen molar-refractivity contribution in [2.75, 3.05) is 20.3 Å². The molecule has 1 fully saturated rings. The highest BCUT2D eigenvalue weighted by atomic mass is 32.1. The Balaban J connectivity index is 2.04. The molecule has 4 nitrogen and oxygen atoms in total. The SMILES string of the molecule is CN(Cc1ccsc1)C(=O)C1(C)COCC1N. The second-order valence-corrected chi connectivity index (χ2v) is 5.61. The largest absolute Gasteiger partial charge is 0.379 e. The Labute approximate surface area is 105 Å². The molecule has 0 aromatic carbocycles. The van der Waals surface area contributed by atoms with Crippen molar-refractivity contribution in [3.8, 4) is 0 Å². The number of hydrogen-bond acceptors (Lipinski definition) is 4. The zero-order valence-corrected chi connectivity index (χ0v) is 11.0. The zero-order valence-electron chi connectivity index (χ0n) is 10.2. The number of carbonyl (C=O) groups excluding carboxylic acids is 1. The van der Waals surface area contributed by atoms with Crippen molar-refractivity contribution in [1.82, 2.24) is 4.90 Å². The Kier molecular flexibility index (Phi) is 3.51. The van der Waals surface area contributed by atoms with E-state index in [2.05, 4.69) is 5.38 Å². The zero-order chi connectivity index (χ0) is 12.5. The van der Waals surface area contributed by atoms with E-state index in [0.717, 1.165) is 5.56 Å². The van der Waals surface area contributed by atoms with Gasteiger partial charge in [-0.15, -0.1) is 0 Å². The van der Waals surface area contributed by atoms with Crippen LogP contribution in [0, 0.1) is 5.41 Å². The van der Waals surface area contributed by atoms with Gasteiger partial charge in [0.05, 0.1) is 18.6 Å². The summed E-state index contributed by atoms with van der Waals surface area (Å²) in [5.41, 5.74) is 6.53. The van der Waals surface area contributed by atoms with Crippen LogP contribution in [0.15, 0.2) is 16.8 Å². The Morgan fingerprint density at radius 2 is 2.53 bits per heavy atom. The van der Waals surface area contributed by atoms with E-state index in [-0.39, 0.29) is 11.9 Å². The molecule has 17 heavy (non-hydrogen) atoms. The Hall–Kier alpha value is -0.910. The Bertz CT molecular complexity index is 393. The lowest BCUT2D eigenvalue weighted by atomic mass is 9.84. The molecule has 1 saturated heterocycles. The van der Waals surface area contributed by atoms with Gasteiger partial charge in [0.15, 0.2) is 0 Å². The number of hydrogen-bond donors (Lipinski definition) is 1. The predicted molar refractivity (Wildman–Crippen MR) is 67.7 cm³/mol. The average molecular weight is 254 g/mol. The van der Waals surface area contributed by atoms with Crippen molar-refractivity contribution in [2.45, 2.75) is 19.5 Å². The van der Waals surface area contributed by atoms with Crippen LogP contribution in [0.1, 0.15) is 12.5 Å². The summed E-state index contributed by atoms with van der Waals surface area (Å²) < 4.78 is 5.31. The second-order valence-electron chi connectivity index (χ2n) is 4.83. The van der Waals surface area contributed by atoms with Gasteiger partial charge in [-0.2, -0.15) is 11.3 Å². The van der Waals surface area contributed by atoms with Crippen molar-refractivity contribution >= 4 is 17.2 Å². The number of nitrogens with zero attached hydrogens (tertiary/aromatic N) is 1. The van der Waals surface area contributed by atoms with Gasteiger partial charge in [0.25, 0.3) is 0 Å². The topological polar surface area (TPSA) is 55.6 Å². The lowest BCUT2D eigenvalue weighted by molar-refractivity contribution is -0.140. The van der Waals surface area contributed by atoms with Gasteiger partial charge in [-0.05, 0) is 29.3 Å². The highest BCUT2D eigenvalue weighted by molar-refractivity contribution is 7.07. The third-order valence-corrected chi connectivity index (χ3v) is 4.08. The Morgan fingerprint density at radius 3 is 3.06 bits per heavy atom. The molecule has 1 amide bonds. The van der Waals surface area contributed by atoms with Crippen molar-refractivity contribution < 1.29 is 9.53 Å². The van der Waals surface area contributed by atoms with Gasteiger partial charge in [0.1, 0.15) is 0 Å². The van der Waals surface area contributed by atoms with Crippen LogP contribution in [-0.2, 0) is 16.1 Å². The molecular formula is C12H18N2O2S. The molecule has 1 aliphatic rings. The first-order valence-electron chi connectivity index (χ1n) is 5.64. The maximum atomic E-state index is 12.4. The number of nitrogens with two attached hydrogens (primary N) is 1. The van der Waals surface area contributed by atoms with E-state index in [1.807, 2.05) is 25.4 Å². The van der Waals surface area contributed by atoms with Crippen LogP contribution in [0.2, 0.25) is 0 Å². The first-order valence-corrected chi connectivity index (χ1v) is 6.58. The molecule has 2 rings (SSSR count). The normalized spacial score (nSPS) is 28.3. The summed E-state index contributed by atoms with van der Waals surface area (Å²) in [5.74, 6) is 0.0636. The van der Waals surface area contributed by atoms with Gasteiger partial charge in [0.2, 0.25) is 5.91 Å². The van der Waals surface area contributed by atoms with E-state index >= 15 is 0 Å². The predicted octanol–water partition coefficient (Wildman–Crippen LogP) is 1.07. The highest BCUT2D eigenvalue weighted by Crippen LogP contribution is 2.29. The van der Waals surface area contributed by atoms with Crippen LogP contribution >= 0.6 is 11.3 Å². The van der Waals surface area contributed by atoms with E-state index in [1.54, 1.807) is 16.2 Å². The minimum atomic E-state index is -0.579. The van der Waals surface area contributed by atoms with Crippen molar-refractivity contribution in [2.24, 2.45) is 11.1 Å². The molecule has 2 heterocycles. The summed E-state index contributed by atoms with van der Waals surface area (Å²) in [6, 6.07) is 1.82. The van der Waals surface area contributed by atoms with Gasteiger partial charge in [0, 0.05) is 19.6 Å². The smallest absolute Gasteiger partial charge is 0.232 e. The van der Waals surface area contributed by atoms with Crippen LogP contribution in [0.5, 0.6) is 0 Å². The summed E-state index contributed by atoms with van der Waals surface area (Å²) in [6.07, 6.45) is 0. The lowest BCUT2D eigenvalue weighted by Crippen LogP contribution is -2.50. The van der Waals surface area contributed by atoms with E-state index in [4.69, 9.17) is 10.5 Å². The monoisotopic (exact) mass is 254 g/mol. The maximum absolute atomic E-state index is 12.4. The molecular weight excluding hydrogens is 236 g/mol. The molecule has 1 aromatic rings. The van der Waals surface area contributed by atoms with Gasteiger partial charge in [-0.1, -0.05) is 0 Å². The van der Waals surface area contributed by atoms with Gasteiger partial charge in [-0.25, -0.2) is 0 Å². The van der Waals surface area contributed by atoms with Gasteiger partial charge in [-0.3, -0.25) is 4.79 Å². The first-order chi connectivity index (χ1) is 8.04. The molecule has 5 heteroatoms. The van der Waals surface area contributed by atoms with Crippen molar-refractivity contribution in [3.05, 3.63) is 22.4 Å². The number of amides is 1. The van der Waals surface area contributed by atoms with Crippen LogP contribution in [-0.4, -0.2) is 37.1 Å². The summed E-state index contributed by atoms with van der Waals surface area (Å²) in [5, 5.41) is 4.07. The molecule has 0 radical (unpaired) electrons. The molecule has 0 bridgehead atoms. The van der Waals surface area contributed by atoms with Crippen LogP contribution in [0.3, 0.4) is 0 Å². The highest BCUT2D eigenvalue weighted by Gasteiger charge is 2.45. The second kappa shape index (κ2) is 4.76. The Morgan fingerprint density at radius 1 is 1.76 bits per heavy atom. The molecule has 2 N–H and O–H groups in total. The third-order valence-electron chi connectivity index (χ3n) is 3.35. The minimum absolute atomic E-state index is 0.0636. The quantitative estimate of drug-likeness (QED) is 0.878. The van der Waals surface area contributed by atoms with E-state index in [0.29, 0.717) is 19.8 Å². The molecule has 2 atom stereocenters. The van der Waals surface area contributed by atoms with Gasteiger partial charge < -0.3 is 15.4 Å². The molecule has 0 spiro atoms. The molecule has 94 valence electrons. The molecule has 0 aliphatic carbocycles. The van der Waals surface area contributed by atoms with E-state index in [9.17, 15) is 4.79 Å². The summed E-state index contributed by atoms with van der Waals surface area (Å²) in [6.45, 7) is 3.40. The van der Waals surface area contributed by atoms with Crippen molar-refractivity contribution in [3.63, 3.8) is 0 Å². The average Bonchev–Trinajstić information content (AvgIpc) is 2.90. The first kappa shape index (κ1) is 12.5. The fourth-order valence-electron chi connectivity index (χ4n) is 2.07. The van der Waals surface area contributed by atoms with Crippen molar-refractivity contribution in [1.29, 1.82) is 0 Å². The summed E-state index contributed by atoms with van der Waals surface area (Å²) in [4.78, 5) is 14.1. The number of thiophene rings is 1. The fourth-order valence-corrected chi connectivity index (χ4v) is 2.73. The minimum Gasteiger partial charge on any atom is -0.379 e. The van der Waals surface area contributed by atoms with E-state index in [1.165, 1.54) is 0 Å². The van der Waals surface area contributed by atoms with Gasteiger partial charge >= 0.3 is 0 Å². The standard InChI is InChI=1S/C12H18N2O2S/c1-12(8-16-6-10(12)13)11(15)14(2)5-9-3-4-17-7-9/h3-4,7,10H,5-6,8,13H2,1-2H3. The third kappa shape index (κ3) is 2.36. The number of rotatable bonds is 3. The van der Waals surface area contributed by atoms with Crippen LogP contribution in [0.4, 0.5) is 0 Å². The molecule has 1 aliphatic heterocycles. The summed E-state index contributed by atoms with van der Waals surface area (Å²) in [7, 11) is 1.82. The lowest BCUT2D eigenvalue weighted by Gasteiger charge is -2.30. The molecule has 2 unspecified atom stereocenters. The van der Waals surface area contributed by atoms with E-state index < -0.39 is 5.41 Å². The maximum Gasteiger partial charge on any atom is 0.232 e. The molecule has 1 aromatic heterocycles. The summed E-state index contributed by atoms with van der Waals surface area (Å²) >= 11 is 1.64.